The zero-order valence-corrected chi connectivity index (χ0v) is 9.78. The fraction of sp³-hybridized carbons (Fsp3) is 0. The molecule has 0 spiro atoms. The molecular weight excluding hydrogens is 244 g/mol. The van der Waals surface area contributed by atoms with Gasteiger partial charge in [0.05, 0.1) is 11.9 Å². The molecule has 7 heteroatoms. The minimum Gasteiger partial charge on any atom is -0.508 e. The molecule has 3 aromatic rings. The minimum absolute atomic E-state index is 0.0664. The van der Waals surface area contributed by atoms with Crippen molar-refractivity contribution in [3.63, 3.8) is 0 Å². The molecule has 1 aromatic carbocycles. The second kappa shape index (κ2) is 4.05. The normalized spacial score (nSPS) is 10.7. The van der Waals surface area contributed by atoms with Crippen molar-refractivity contribution in [3.8, 4) is 17.0 Å². The number of benzene rings is 1. The van der Waals surface area contributed by atoms with Gasteiger partial charge in [-0.15, -0.1) is 0 Å². The first-order valence-corrected chi connectivity index (χ1v) is 5.48. The highest BCUT2D eigenvalue weighted by atomic mass is 16.3. The van der Waals surface area contributed by atoms with Gasteiger partial charge < -0.3 is 16.6 Å². The molecule has 0 bridgehead atoms. The van der Waals surface area contributed by atoms with E-state index in [0.717, 1.165) is 5.56 Å². The summed E-state index contributed by atoms with van der Waals surface area (Å²) in [6.45, 7) is 0. The Bertz CT molecular complexity index is 756. The Balaban J connectivity index is 2.19. The number of hydrogen-bond donors (Lipinski definition) is 3. The van der Waals surface area contributed by atoms with Gasteiger partial charge in [-0.25, -0.2) is 9.97 Å². The molecule has 0 unspecified atom stereocenters. The Kier molecular flexibility index (Phi) is 2.38. The Labute approximate surface area is 108 Å². The van der Waals surface area contributed by atoms with Crippen LogP contribution >= 0.6 is 0 Å². The van der Waals surface area contributed by atoms with Gasteiger partial charge in [0.25, 0.3) is 0 Å². The summed E-state index contributed by atoms with van der Waals surface area (Å²) in [7, 11) is 0. The van der Waals surface area contributed by atoms with Crippen LogP contribution in [0.3, 0.4) is 0 Å². The van der Waals surface area contributed by atoms with Gasteiger partial charge in [-0.3, -0.25) is 0 Å². The largest absolute Gasteiger partial charge is 0.508 e. The molecule has 19 heavy (non-hydrogen) atoms. The molecular formula is C12H10N6O. The lowest BCUT2D eigenvalue weighted by Crippen LogP contribution is -2.03. The second-order valence-corrected chi connectivity index (χ2v) is 3.94. The predicted molar refractivity (Wildman–Crippen MR) is 71.1 cm³/mol. The van der Waals surface area contributed by atoms with Crippen LogP contribution in [0.5, 0.6) is 5.75 Å². The van der Waals surface area contributed by atoms with E-state index >= 15 is 0 Å². The monoisotopic (exact) mass is 254 g/mol. The highest BCUT2D eigenvalue weighted by Crippen LogP contribution is 2.22. The van der Waals surface area contributed by atoms with Crippen LogP contribution in [0.15, 0.2) is 30.5 Å². The first-order valence-electron chi connectivity index (χ1n) is 5.48. The van der Waals surface area contributed by atoms with E-state index in [1.165, 1.54) is 0 Å². The van der Waals surface area contributed by atoms with E-state index in [1.807, 2.05) is 0 Å². The van der Waals surface area contributed by atoms with Gasteiger partial charge in [0.15, 0.2) is 17.0 Å². The Morgan fingerprint density at radius 2 is 1.68 bits per heavy atom. The lowest BCUT2D eigenvalue weighted by atomic mass is 10.1. The predicted octanol–water partition coefficient (Wildman–Crippen LogP) is 0.957. The van der Waals surface area contributed by atoms with E-state index in [9.17, 15) is 5.11 Å². The van der Waals surface area contributed by atoms with Gasteiger partial charge in [-0.1, -0.05) is 0 Å². The summed E-state index contributed by atoms with van der Waals surface area (Å²) in [5, 5.41) is 9.26. The van der Waals surface area contributed by atoms with Crippen molar-refractivity contribution < 1.29 is 5.11 Å². The number of phenolic OH excluding ortho intramolecular Hbond substituents is 1. The lowest BCUT2D eigenvalue weighted by Gasteiger charge is -2.04. The van der Waals surface area contributed by atoms with Crippen molar-refractivity contribution in [1.82, 2.24) is 19.9 Å². The molecule has 0 atom stereocenters. The highest BCUT2D eigenvalue weighted by Gasteiger charge is 2.08. The molecule has 0 amide bonds. The summed E-state index contributed by atoms with van der Waals surface area (Å²) >= 11 is 0. The number of rotatable bonds is 1. The number of nitrogen functional groups attached to an aromatic ring is 2. The third-order valence-corrected chi connectivity index (χ3v) is 2.61. The zero-order chi connectivity index (χ0) is 13.4. The van der Waals surface area contributed by atoms with Crippen LogP contribution in [0.25, 0.3) is 22.4 Å². The molecule has 94 valence electrons. The van der Waals surface area contributed by atoms with E-state index in [1.54, 1.807) is 30.5 Å². The molecule has 2 heterocycles. The van der Waals surface area contributed by atoms with Crippen LogP contribution < -0.4 is 11.5 Å². The fourth-order valence-corrected chi connectivity index (χ4v) is 1.72. The van der Waals surface area contributed by atoms with Gasteiger partial charge >= 0.3 is 0 Å². The molecule has 5 N–H and O–H groups in total. The maximum Gasteiger partial charge on any atom is 0.224 e. The molecule has 0 fully saturated rings. The van der Waals surface area contributed by atoms with Crippen molar-refractivity contribution in [2.24, 2.45) is 0 Å². The van der Waals surface area contributed by atoms with Gasteiger partial charge in [0.2, 0.25) is 5.95 Å². The minimum atomic E-state index is 0.0664. The average molecular weight is 254 g/mol. The Morgan fingerprint density at radius 1 is 0.947 bits per heavy atom. The SMILES string of the molecule is Nc1nc(N)c2nc(-c3ccc(O)cc3)cnc2n1. The van der Waals surface area contributed by atoms with Gasteiger partial charge in [-0.05, 0) is 24.3 Å². The van der Waals surface area contributed by atoms with Crippen molar-refractivity contribution in [1.29, 1.82) is 0 Å². The summed E-state index contributed by atoms with van der Waals surface area (Å²) in [5.74, 6) is 0.445. The van der Waals surface area contributed by atoms with E-state index in [0.29, 0.717) is 16.9 Å². The maximum atomic E-state index is 9.26. The van der Waals surface area contributed by atoms with Gasteiger partial charge in [0, 0.05) is 5.56 Å². The standard InChI is InChI=1S/C12H10N6O/c13-10-9-11(18-12(14)17-10)15-5-8(16-9)6-1-3-7(19)4-2-6/h1-5,19H,(H4,13,14,15,17,18). The molecule has 0 saturated heterocycles. The van der Waals surface area contributed by atoms with E-state index in [-0.39, 0.29) is 17.5 Å². The van der Waals surface area contributed by atoms with Crippen LogP contribution in [0, 0.1) is 0 Å². The van der Waals surface area contributed by atoms with Gasteiger partial charge in [0.1, 0.15) is 5.75 Å². The number of aromatic hydroxyl groups is 1. The highest BCUT2D eigenvalue weighted by molar-refractivity contribution is 5.83. The summed E-state index contributed by atoms with van der Waals surface area (Å²) in [4.78, 5) is 16.3. The molecule has 2 aromatic heterocycles. The number of phenols is 1. The van der Waals surface area contributed by atoms with Crippen LogP contribution in [-0.4, -0.2) is 25.0 Å². The van der Waals surface area contributed by atoms with Crippen molar-refractivity contribution in [2.45, 2.75) is 0 Å². The molecule has 0 saturated carbocycles. The smallest absolute Gasteiger partial charge is 0.224 e. The summed E-state index contributed by atoms with van der Waals surface area (Å²) in [6.07, 6.45) is 1.57. The van der Waals surface area contributed by atoms with Gasteiger partial charge in [-0.2, -0.15) is 9.97 Å². The van der Waals surface area contributed by atoms with Crippen molar-refractivity contribution in [2.75, 3.05) is 11.5 Å². The van der Waals surface area contributed by atoms with Crippen LogP contribution in [0.1, 0.15) is 0 Å². The maximum absolute atomic E-state index is 9.26. The number of nitrogens with zero attached hydrogens (tertiary/aromatic N) is 4. The third-order valence-electron chi connectivity index (χ3n) is 2.61. The molecule has 0 aliphatic heterocycles. The molecule has 7 nitrogen and oxygen atoms in total. The van der Waals surface area contributed by atoms with Crippen LogP contribution in [0.2, 0.25) is 0 Å². The summed E-state index contributed by atoms with van der Waals surface area (Å²) in [5.41, 5.74) is 13.4. The third kappa shape index (κ3) is 1.97. The van der Waals surface area contributed by atoms with Crippen molar-refractivity contribution >= 4 is 22.9 Å². The van der Waals surface area contributed by atoms with E-state index in [4.69, 9.17) is 11.5 Å². The Morgan fingerprint density at radius 3 is 2.42 bits per heavy atom. The Hall–Kier alpha value is -2.96. The van der Waals surface area contributed by atoms with E-state index in [2.05, 4.69) is 19.9 Å². The first kappa shape index (κ1) is 11.1. The summed E-state index contributed by atoms with van der Waals surface area (Å²) < 4.78 is 0. The van der Waals surface area contributed by atoms with Crippen molar-refractivity contribution in [3.05, 3.63) is 30.5 Å². The number of fused-ring (bicyclic) bond motifs is 1. The topological polar surface area (TPSA) is 124 Å². The second-order valence-electron chi connectivity index (χ2n) is 3.94. The quantitative estimate of drug-likeness (QED) is 0.590. The van der Waals surface area contributed by atoms with Crippen LogP contribution in [-0.2, 0) is 0 Å². The number of hydrogen-bond acceptors (Lipinski definition) is 7. The fourth-order valence-electron chi connectivity index (χ4n) is 1.72. The number of nitrogens with two attached hydrogens (primary N) is 2. The molecule has 0 aliphatic carbocycles. The molecule has 3 rings (SSSR count). The van der Waals surface area contributed by atoms with Crippen LogP contribution in [0.4, 0.5) is 11.8 Å². The molecule has 0 aliphatic rings. The average Bonchev–Trinajstić information content (AvgIpc) is 2.39. The number of anilines is 2. The molecule has 0 radical (unpaired) electrons. The number of aromatic nitrogens is 4. The van der Waals surface area contributed by atoms with E-state index < -0.39 is 0 Å². The first-order chi connectivity index (χ1) is 9.13. The lowest BCUT2D eigenvalue weighted by molar-refractivity contribution is 0.475. The zero-order valence-electron chi connectivity index (χ0n) is 9.78. The summed E-state index contributed by atoms with van der Waals surface area (Å²) in [6, 6.07) is 6.62.